The third-order valence-electron chi connectivity index (χ3n) is 4.72. The van der Waals surface area contributed by atoms with Crippen LogP contribution in [0.5, 0.6) is 0 Å². The Kier molecular flexibility index (Phi) is 5.02. The van der Waals surface area contributed by atoms with Gasteiger partial charge in [0.25, 0.3) is 0 Å². The van der Waals surface area contributed by atoms with E-state index in [-0.39, 0.29) is 11.9 Å². The van der Waals surface area contributed by atoms with Gasteiger partial charge in [0, 0.05) is 30.3 Å². The molecule has 2 aromatic rings. The molecule has 0 saturated heterocycles. The van der Waals surface area contributed by atoms with Crippen molar-refractivity contribution in [2.75, 3.05) is 7.05 Å². The summed E-state index contributed by atoms with van der Waals surface area (Å²) < 4.78 is 1.63. The molecular weight excluding hydrogens is 318 g/mol. The number of carbonyl (C=O) groups is 1. The molecular formula is C18H23N5O2. The lowest BCUT2D eigenvalue weighted by molar-refractivity contribution is 0.242. The number of benzene rings is 1. The molecule has 4 N–H and O–H groups in total. The number of imidazole rings is 1. The van der Waals surface area contributed by atoms with Gasteiger partial charge >= 0.3 is 6.03 Å². The number of hydrogen-bond acceptors (Lipinski definition) is 4. The first kappa shape index (κ1) is 17.0. The monoisotopic (exact) mass is 341 g/mol. The van der Waals surface area contributed by atoms with Crippen LogP contribution in [-0.4, -0.2) is 33.7 Å². The van der Waals surface area contributed by atoms with Crippen LogP contribution < -0.4 is 11.1 Å². The normalized spacial score (nSPS) is 16.0. The molecule has 1 saturated carbocycles. The van der Waals surface area contributed by atoms with Gasteiger partial charge in [-0.05, 0) is 12.8 Å². The van der Waals surface area contributed by atoms with E-state index in [0.717, 1.165) is 29.9 Å². The highest BCUT2D eigenvalue weighted by Crippen LogP contribution is 2.33. The number of nitrogens with zero attached hydrogens (tertiary/aromatic N) is 3. The average Bonchev–Trinajstić information content (AvgIpc) is 3.13. The molecule has 1 aromatic carbocycles. The molecule has 25 heavy (non-hydrogen) atoms. The zero-order valence-corrected chi connectivity index (χ0v) is 14.3. The Labute approximate surface area is 146 Å². The molecule has 0 radical (unpaired) electrons. The highest BCUT2D eigenvalue weighted by molar-refractivity contribution is 5.97. The van der Waals surface area contributed by atoms with Crippen molar-refractivity contribution < 1.29 is 10.0 Å². The Morgan fingerprint density at radius 3 is 2.56 bits per heavy atom. The zero-order valence-electron chi connectivity index (χ0n) is 14.3. The van der Waals surface area contributed by atoms with Crippen LogP contribution in [0.4, 0.5) is 4.79 Å². The lowest BCUT2D eigenvalue weighted by atomic mass is 9.88. The van der Waals surface area contributed by atoms with Gasteiger partial charge in [-0.15, -0.1) is 0 Å². The first-order valence-corrected chi connectivity index (χ1v) is 8.53. The Bertz CT molecular complexity index is 773. The second-order valence-electron chi connectivity index (χ2n) is 6.31. The van der Waals surface area contributed by atoms with Crippen molar-refractivity contribution >= 4 is 11.9 Å². The van der Waals surface area contributed by atoms with E-state index in [1.54, 1.807) is 29.9 Å². The Morgan fingerprint density at radius 2 is 1.96 bits per heavy atom. The van der Waals surface area contributed by atoms with Crippen LogP contribution in [0.2, 0.25) is 0 Å². The molecule has 0 aliphatic heterocycles. The van der Waals surface area contributed by atoms with Gasteiger partial charge in [-0.25, -0.2) is 9.78 Å². The molecule has 132 valence electrons. The summed E-state index contributed by atoms with van der Waals surface area (Å²) in [7, 11) is 1.62. The summed E-state index contributed by atoms with van der Waals surface area (Å²) in [6.45, 7) is 0. The predicted molar refractivity (Wildman–Crippen MR) is 95.9 cm³/mol. The Hall–Kier alpha value is -2.83. The summed E-state index contributed by atoms with van der Waals surface area (Å²) in [4.78, 5) is 17.0. The highest BCUT2D eigenvalue weighted by atomic mass is 16.4. The summed E-state index contributed by atoms with van der Waals surface area (Å²) in [6.07, 6.45) is 7.51. The first-order chi connectivity index (χ1) is 12.1. The molecule has 0 spiro atoms. The summed E-state index contributed by atoms with van der Waals surface area (Å²) >= 11 is 0. The molecule has 1 fully saturated rings. The number of carbonyl (C=O) groups excluding carboxylic acids is 1. The van der Waals surface area contributed by atoms with Crippen molar-refractivity contribution in [3.8, 4) is 11.3 Å². The molecule has 0 bridgehead atoms. The van der Waals surface area contributed by atoms with Crippen molar-refractivity contribution in [1.82, 2.24) is 14.9 Å². The van der Waals surface area contributed by atoms with Crippen LogP contribution in [0.15, 0.2) is 35.6 Å². The van der Waals surface area contributed by atoms with E-state index in [4.69, 9.17) is 15.9 Å². The van der Waals surface area contributed by atoms with Crippen molar-refractivity contribution in [2.45, 2.75) is 38.0 Å². The number of hydrogen-bond donors (Lipinski definition) is 3. The van der Waals surface area contributed by atoms with Crippen molar-refractivity contribution in [3.63, 3.8) is 0 Å². The summed E-state index contributed by atoms with van der Waals surface area (Å²) in [5.74, 6) is 1.20. The molecule has 0 atom stereocenters. The van der Waals surface area contributed by atoms with Gasteiger partial charge in [-0.1, -0.05) is 48.7 Å². The quantitative estimate of drug-likeness (QED) is 0.345. The number of amides is 1. The van der Waals surface area contributed by atoms with Gasteiger partial charge in [0.2, 0.25) is 0 Å². The summed E-state index contributed by atoms with van der Waals surface area (Å²) in [5.41, 5.74) is 7.85. The van der Waals surface area contributed by atoms with Gasteiger partial charge in [0.15, 0.2) is 5.84 Å². The Balaban J connectivity index is 1.96. The van der Waals surface area contributed by atoms with Crippen LogP contribution in [0.25, 0.3) is 11.3 Å². The maximum atomic E-state index is 12.3. The van der Waals surface area contributed by atoms with E-state index in [1.165, 1.54) is 19.3 Å². The zero-order chi connectivity index (χ0) is 17.8. The van der Waals surface area contributed by atoms with E-state index in [2.05, 4.69) is 10.5 Å². The number of nitrogens with one attached hydrogen (secondary N) is 1. The smallest absolute Gasteiger partial charge is 0.326 e. The molecule has 7 heteroatoms. The molecule has 7 nitrogen and oxygen atoms in total. The number of oxime groups is 1. The minimum atomic E-state index is -0.174. The van der Waals surface area contributed by atoms with Crippen molar-refractivity contribution in [3.05, 3.63) is 41.9 Å². The van der Waals surface area contributed by atoms with Crippen LogP contribution in [0, 0.1) is 0 Å². The third kappa shape index (κ3) is 3.50. The van der Waals surface area contributed by atoms with Gasteiger partial charge in [0.1, 0.15) is 5.82 Å². The second-order valence-corrected chi connectivity index (χ2v) is 6.31. The fourth-order valence-electron chi connectivity index (χ4n) is 3.34. The van der Waals surface area contributed by atoms with Crippen LogP contribution in [0.1, 0.15) is 49.4 Å². The fourth-order valence-corrected chi connectivity index (χ4v) is 3.34. The van der Waals surface area contributed by atoms with E-state index >= 15 is 0 Å². The molecule has 1 heterocycles. The predicted octanol–water partition coefficient (Wildman–Crippen LogP) is 2.88. The Morgan fingerprint density at radius 1 is 1.28 bits per heavy atom. The molecule has 1 aliphatic carbocycles. The summed E-state index contributed by atoms with van der Waals surface area (Å²) in [5, 5.41) is 14.4. The van der Waals surface area contributed by atoms with Gasteiger partial charge < -0.3 is 16.3 Å². The van der Waals surface area contributed by atoms with Gasteiger partial charge in [0.05, 0.1) is 5.69 Å². The fraction of sp³-hybridized carbons (Fsp3) is 0.389. The SMILES string of the molecule is CNC(=O)n1cc(-c2ccc(/C(N)=N/O)cc2)nc1C1CCCCC1. The van der Waals surface area contributed by atoms with Crippen LogP contribution in [0.3, 0.4) is 0 Å². The number of aromatic nitrogens is 2. The molecule has 3 rings (SSSR count). The van der Waals surface area contributed by atoms with Gasteiger partial charge in [-0.3, -0.25) is 4.57 Å². The highest BCUT2D eigenvalue weighted by Gasteiger charge is 2.24. The second kappa shape index (κ2) is 7.38. The standard InChI is InChI=1S/C18H23N5O2/c1-20-18(24)23-11-15(21-17(23)14-5-3-2-4-6-14)12-7-9-13(10-8-12)16(19)22-25/h7-11,14,25H,2-6H2,1H3,(H2,19,22)(H,20,24). The number of rotatable bonds is 3. The first-order valence-electron chi connectivity index (χ1n) is 8.53. The number of amidine groups is 1. The maximum Gasteiger partial charge on any atom is 0.326 e. The van der Waals surface area contributed by atoms with Crippen LogP contribution >= 0.6 is 0 Å². The lowest BCUT2D eigenvalue weighted by Crippen LogP contribution is -2.27. The average molecular weight is 341 g/mol. The number of nitrogens with two attached hydrogens (primary N) is 1. The van der Waals surface area contributed by atoms with E-state index in [9.17, 15) is 4.79 Å². The molecule has 1 aliphatic rings. The van der Waals surface area contributed by atoms with Crippen molar-refractivity contribution in [1.29, 1.82) is 0 Å². The van der Waals surface area contributed by atoms with E-state index in [0.29, 0.717) is 11.5 Å². The molecule has 1 aromatic heterocycles. The lowest BCUT2D eigenvalue weighted by Gasteiger charge is -2.21. The minimum Gasteiger partial charge on any atom is -0.409 e. The minimum absolute atomic E-state index is 0.0605. The molecule has 0 unspecified atom stereocenters. The molecule has 1 amide bonds. The largest absolute Gasteiger partial charge is 0.409 e. The van der Waals surface area contributed by atoms with Crippen molar-refractivity contribution in [2.24, 2.45) is 10.9 Å². The summed E-state index contributed by atoms with van der Waals surface area (Å²) in [6, 6.07) is 7.07. The topological polar surface area (TPSA) is 106 Å². The third-order valence-corrected chi connectivity index (χ3v) is 4.72. The van der Waals surface area contributed by atoms with E-state index in [1.807, 2.05) is 12.1 Å². The van der Waals surface area contributed by atoms with Crippen LogP contribution in [-0.2, 0) is 0 Å². The maximum absolute atomic E-state index is 12.3. The van der Waals surface area contributed by atoms with Gasteiger partial charge in [-0.2, -0.15) is 0 Å². The van der Waals surface area contributed by atoms with E-state index < -0.39 is 0 Å².